The van der Waals surface area contributed by atoms with E-state index in [1.807, 2.05) is 57.4 Å². The normalized spacial score (nSPS) is 16.9. The number of pyridine rings is 1. The second-order valence-electron chi connectivity index (χ2n) is 9.24. The van der Waals surface area contributed by atoms with Gasteiger partial charge < -0.3 is 18.9 Å². The molecule has 0 saturated carbocycles. The average molecular weight is 463 g/mol. The summed E-state index contributed by atoms with van der Waals surface area (Å²) in [5.41, 5.74) is 5.16. The summed E-state index contributed by atoms with van der Waals surface area (Å²) in [6.45, 7) is 5.32. The first-order valence-electron chi connectivity index (χ1n) is 12.0. The van der Waals surface area contributed by atoms with Gasteiger partial charge in [0.2, 0.25) is 5.91 Å². The highest BCUT2D eigenvalue weighted by Gasteiger charge is 2.31. The number of aryl methyl sites for hydroxylation is 1. The van der Waals surface area contributed by atoms with Crippen LogP contribution in [0.15, 0.2) is 48.8 Å². The molecule has 1 aliphatic rings. The summed E-state index contributed by atoms with van der Waals surface area (Å²) in [6, 6.07) is 12.4. The minimum atomic E-state index is -0.242. The lowest BCUT2D eigenvalue weighted by Crippen LogP contribution is -2.43. The number of carbonyl (C=O) groups is 2. The lowest BCUT2D eigenvalue weighted by Gasteiger charge is -2.32. The quantitative estimate of drug-likeness (QED) is 0.496. The Morgan fingerprint density at radius 2 is 1.97 bits per heavy atom. The minimum Gasteiger partial charge on any atom is -0.466 e. The Morgan fingerprint density at radius 3 is 2.68 bits per heavy atom. The first-order chi connectivity index (χ1) is 16.4. The zero-order valence-electron chi connectivity index (χ0n) is 20.5. The maximum absolute atomic E-state index is 13.5. The summed E-state index contributed by atoms with van der Waals surface area (Å²) in [5, 5.41) is 0. The van der Waals surface area contributed by atoms with E-state index in [0.717, 1.165) is 41.0 Å². The van der Waals surface area contributed by atoms with Crippen molar-refractivity contribution >= 4 is 23.2 Å². The van der Waals surface area contributed by atoms with Gasteiger partial charge in [-0.3, -0.25) is 9.59 Å². The number of esters is 1. The van der Waals surface area contributed by atoms with Crippen LogP contribution in [0.4, 0.5) is 5.69 Å². The molecular formula is C27H34N4O3. The van der Waals surface area contributed by atoms with Gasteiger partial charge in [0.15, 0.2) is 0 Å². The number of rotatable bonds is 7. The van der Waals surface area contributed by atoms with Crippen molar-refractivity contribution in [1.82, 2.24) is 14.3 Å². The van der Waals surface area contributed by atoms with E-state index in [0.29, 0.717) is 26.1 Å². The van der Waals surface area contributed by atoms with Gasteiger partial charge in [-0.2, -0.15) is 0 Å². The molecule has 180 valence electrons. The Morgan fingerprint density at radius 1 is 1.21 bits per heavy atom. The molecule has 2 atom stereocenters. The van der Waals surface area contributed by atoms with Crippen LogP contribution in [-0.4, -0.2) is 60.0 Å². The van der Waals surface area contributed by atoms with Crippen LogP contribution < -0.4 is 4.90 Å². The second-order valence-corrected chi connectivity index (χ2v) is 9.24. The molecule has 2 aromatic heterocycles. The van der Waals surface area contributed by atoms with Gasteiger partial charge in [0.05, 0.1) is 18.2 Å². The monoisotopic (exact) mass is 462 g/mol. The predicted octanol–water partition coefficient (Wildman–Crippen LogP) is 4.03. The molecule has 0 radical (unpaired) electrons. The van der Waals surface area contributed by atoms with Crippen LogP contribution in [0.2, 0.25) is 0 Å². The van der Waals surface area contributed by atoms with E-state index in [-0.39, 0.29) is 23.7 Å². The Labute approximate surface area is 201 Å². The average Bonchev–Trinajstić information content (AvgIpc) is 3.28. The summed E-state index contributed by atoms with van der Waals surface area (Å²) in [4.78, 5) is 34.4. The van der Waals surface area contributed by atoms with E-state index >= 15 is 0 Å². The second kappa shape index (κ2) is 10.3. The number of likely N-dealkylation sites (tertiary alicyclic amines) is 1. The molecule has 1 amide bonds. The van der Waals surface area contributed by atoms with Gasteiger partial charge in [-0.05, 0) is 56.0 Å². The molecule has 7 heteroatoms. The number of amides is 1. The summed E-state index contributed by atoms with van der Waals surface area (Å²) in [6.07, 6.45) is 5.79. The lowest BCUT2D eigenvalue weighted by atomic mass is 9.90. The smallest absolute Gasteiger partial charge is 0.310 e. The van der Waals surface area contributed by atoms with Crippen LogP contribution in [0.25, 0.3) is 5.65 Å². The van der Waals surface area contributed by atoms with E-state index in [1.54, 1.807) is 0 Å². The molecule has 1 fully saturated rings. The Kier molecular flexibility index (Phi) is 7.20. The third kappa shape index (κ3) is 4.93. The van der Waals surface area contributed by atoms with Crippen molar-refractivity contribution in [3.05, 3.63) is 65.6 Å². The lowest BCUT2D eigenvalue weighted by molar-refractivity contribution is -0.151. The van der Waals surface area contributed by atoms with Gasteiger partial charge in [0, 0.05) is 57.6 Å². The highest BCUT2D eigenvalue weighted by Crippen LogP contribution is 2.32. The molecule has 1 aromatic carbocycles. The van der Waals surface area contributed by atoms with Crippen LogP contribution in [0.5, 0.6) is 0 Å². The number of imidazole rings is 1. The van der Waals surface area contributed by atoms with Crippen molar-refractivity contribution in [2.45, 2.75) is 39.0 Å². The zero-order valence-corrected chi connectivity index (χ0v) is 20.5. The molecule has 0 aliphatic carbocycles. The Hall–Kier alpha value is -3.35. The van der Waals surface area contributed by atoms with Crippen LogP contribution in [0.3, 0.4) is 0 Å². The maximum atomic E-state index is 13.5. The number of hydrogen-bond acceptors (Lipinski definition) is 5. The highest BCUT2D eigenvalue weighted by molar-refractivity contribution is 5.80. The summed E-state index contributed by atoms with van der Waals surface area (Å²) in [5.74, 6) is -0.538. The van der Waals surface area contributed by atoms with E-state index in [4.69, 9.17) is 4.74 Å². The molecule has 2 unspecified atom stereocenters. The topological polar surface area (TPSA) is 67.2 Å². The maximum Gasteiger partial charge on any atom is 0.310 e. The summed E-state index contributed by atoms with van der Waals surface area (Å²) < 4.78 is 7.30. The van der Waals surface area contributed by atoms with Crippen molar-refractivity contribution in [1.29, 1.82) is 0 Å². The van der Waals surface area contributed by atoms with Crippen molar-refractivity contribution in [3.63, 3.8) is 0 Å². The first kappa shape index (κ1) is 23.8. The van der Waals surface area contributed by atoms with Gasteiger partial charge >= 0.3 is 5.97 Å². The number of anilines is 1. The highest BCUT2D eigenvalue weighted by atomic mass is 16.5. The predicted molar refractivity (Wildman–Crippen MR) is 133 cm³/mol. The third-order valence-corrected chi connectivity index (χ3v) is 6.70. The fourth-order valence-corrected chi connectivity index (χ4v) is 4.79. The molecule has 34 heavy (non-hydrogen) atoms. The van der Waals surface area contributed by atoms with Crippen LogP contribution >= 0.6 is 0 Å². The Bertz CT molecular complexity index is 1150. The van der Waals surface area contributed by atoms with E-state index in [9.17, 15) is 9.59 Å². The summed E-state index contributed by atoms with van der Waals surface area (Å²) >= 11 is 0. The number of hydrogen-bond donors (Lipinski definition) is 0. The first-order valence-corrected chi connectivity index (χ1v) is 12.0. The van der Waals surface area contributed by atoms with Gasteiger partial charge in [-0.25, -0.2) is 4.98 Å². The van der Waals surface area contributed by atoms with Gasteiger partial charge in [-0.1, -0.05) is 18.2 Å². The molecule has 0 spiro atoms. The number of benzene rings is 1. The van der Waals surface area contributed by atoms with Crippen molar-refractivity contribution in [2.75, 3.05) is 38.7 Å². The van der Waals surface area contributed by atoms with Crippen molar-refractivity contribution in [2.24, 2.45) is 5.92 Å². The Balaban J connectivity index is 1.64. The summed E-state index contributed by atoms with van der Waals surface area (Å²) in [7, 11) is 4.03. The SMILES string of the molecule is CCOC(=O)C1CCCN(C(=O)CC(c2ccc(N(C)C)cc2)c2cnc3c(C)cccn23)C1. The fourth-order valence-electron chi connectivity index (χ4n) is 4.79. The number of aromatic nitrogens is 2. The molecule has 1 saturated heterocycles. The largest absolute Gasteiger partial charge is 0.466 e. The number of fused-ring (bicyclic) bond motifs is 1. The number of ether oxygens (including phenoxy) is 1. The molecule has 3 aromatic rings. The van der Waals surface area contributed by atoms with Crippen LogP contribution in [0, 0.1) is 12.8 Å². The molecule has 4 rings (SSSR count). The molecular weight excluding hydrogens is 428 g/mol. The van der Waals surface area contributed by atoms with Crippen molar-refractivity contribution < 1.29 is 14.3 Å². The molecule has 1 aliphatic heterocycles. The standard InChI is InChI=1S/C27H34N4O3/c1-5-34-27(33)21-9-7-14-30(18-21)25(32)16-23(20-10-12-22(13-11-20)29(3)4)24-17-28-26-19(2)8-6-15-31(24)26/h6,8,10-13,15,17,21,23H,5,7,9,14,16,18H2,1-4H3. The minimum absolute atomic E-state index is 0.0540. The number of piperidine rings is 1. The zero-order chi connectivity index (χ0) is 24.2. The van der Waals surface area contributed by atoms with Crippen LogP contribution in [0.1, 0.15) is 48.9 Å². The van der Waals surface area contributed by atoms with Crippen LogP contribution in [-0.2, 0) is 14.3 Å². The van der Waals surface area contributed by atoms with Crippen molar-refractivity contribution in [3.8, 4) is 0 Å². The van der Waals surface area contributed by atoms with E-state index in [2.05, 4.69) is 38.6 Å². The molecule has 0 N–H and O–H groups in total. The molecule has 3 heterocycles. The van der Waals surface area contributed by atoms with Gasteiger partial charge in [0.1, 0.15) is 5.65 Å². The van der Waals surface area contributed by atoms with Gasteiger partial charge in [0.25, 0.3) is 0 Å². The molecule has 7 nitrogen and oxygen atoms in total. The third-order valence-electron chi connectivity index (χ3n) is 6.70. The van der Waals surface area contributed by atoms with E-state index in [1.165, 1.54) is 0 Å². The molecule has 0 bridgehead atoms. The number of nitrogens with zero attached hydrogens (tertiary/aromatic N) is 4. The van der Waals surface area contributed by atoms with Gasteiger partial charge in [-0.15, -0.1) is 0 Å². The fraction of sp³-hybridized carbons (Fsp3) is 0.444. The van der Waals surface area contributed by atoms with E-state index < -0.39 is 0 Å². The number of carbonyl (C=O) groups excluding carboxylic acids is 2.